The molecule has 1 atom stereocenters. The average molecular weight is 240 g/mol. The standard InChI is InChI=1S/C13H20O4/c1-9(2)12(8-17-11(4)14)6-5-10(3)7-13(15)16/h7,12H,1,5-6,8H2,2-4H3,(H,15,16)/b10-7+. The van der Waals surface area contributed by atoms with Gasteiger partial charge in [-0.3, -0.25) is 4.79 Å². The first kappa shape index (κ1) is 15.4. The number of ether oxygens (including phenoxy) is 1. The molecule has 0 saturated heterocycles. The van der Waals surface area contributed by atoms with Gasteiger partial charge in [0.1, 0.15) is 0 Å². The van der Waals surface area contributed by atoms with E-state index in [9.17, 15) is 9.59 Å². The summed E-state index contributed by atoms with van der Waals surface area (Å²) in [7, 11) is 0. The van der Waals surface area contributed by atoms with Crippen molar-refractivity contribution in [3.05, 3.63) is 23.8 Å². The molecule has 0 aromatic rings. The van der Waals surface area contributed by atoms with Crippen LogP contribution in [0.5, 0.6) is 0 Å². The summed E-state index contributed by atoms with van der Waals surface area (Å²) >= 11 is 0. The van der Waals surface area contributed by atoms with Crippen molar-refractivity contribution in [2.24, 2.45) is 5.92 Å². The van der Waals surface area contributed by atoms with Crippen molar-refractivity contribution < 1.29 is 19.4 Å². The quantitative estimate of drug-likeness (QED) is 0.422. The van der Waals surface area contributed by atoms with E-state index in [2.05, 4.69) is 6.58 Å². The largest absolute Gasteiger partial charge is 0.478 e. The monoisotopic (exact) mass is 240 g/mol. The maximum Gasteiger partial charge on any atom is 0.328 e. The molecule has 1 unspecified atom stereocenters. The van der Waals surface area contributed by atoms with Crippen LogP contribution >= 0.6 is 0 Å². The maximum atomic E-state index is 10.7. The summed E-state index contributed by atoms with van der Waals surface area (Å²) in [6, 6.07) is 0. The molecule has 0 rings (SSSR count). The lowest BCUT2D eigenvalue weighted by atomic mass is 9.95. The van der Waals surface area contributed by atoms with Gasteiger partial charge in [0.2, 0.25) is 0 Å². The zero-order chi connectivity index (χ0) is 13.4. The minimum atomic E-state index is -0.936. The van der Waals surface area contributed by atoms with Crippen LogP contribution in [0, 0.1) is 5.92 Å². The molecule has 17 heavy (non-hydrogen) atoms. The fourth-order valence-corrected chi connectivity index (χ4v) is 1.37. The minimum Gasteiger partial charge on any atom is -0.478 e. The first-order valence-electron chi connectivity index (χ1n) is 5.51. The van der Waals surface area contributed by atoms with Crippen molar-refractivity contribution in [1.82, 2.24) is 0 Å². The summed E-state index contributed by atoms with van der Waals surface area (Å²) in [6.45, 7) is 9.17. The van der Waals surface area contributed by atoms with Crippen LogP contribution < -0.4 is 0 Å². The Balaban J connectivity index is 4.22. The Hall–Kier alpha value is -1.58. The number of aliphatic carboxylic acids is 1. The smallest absolute Gasteiger partial charge is 0.328 e. The van der Waals surface area contributed by atoms with Gasteiger partial charge in [0.15, 0.2) is 0 Å². The second-order valence-electron chi connectivity index (χ2n) is 4.21. The lowest BCUT2D eigenvalue weighted by Crippen LogP contribution is -2.13. The van der Waals surface area contributed by atoms with Crippen LogP contribution in [0.1, 0.15) is 33.6 Å². The normalized spacial score (nSPS) is 13.0. The summed E-state index contributed by atoms with van der Waals surface area (Å²) < 4.78 is 4.94. The highest BCUT2D eigenvalue weighted by atomic mass is 16.5. The van der Waals surface area contributed by atoms with E-state index < -0.39 is 5.97 Å². The molecule has 0 aromatic heterocycles. The van der Waals surface area contributed by atoms with Gasteiger partial charge in [0, 0.05) is 18.9 Å². The number of hydrogen-bond acceptors (Lipinski definition) is 3. The van der Waals surface area contributed by atoms with Crippen molar-refractivity contribution in [3.8, 4) is 0 Å². The molecule has 0 heterocycles. The molecule has 0 aliphatic heterocycles. The summed E-state index contributed by atoms with van der Waals surface area (Å²) in [5, 5.41) is 8.57. The highest BCUT2D eigenvalue weighted by Gasteiger charge is 2.11. The van der Waals surface area contributed by atoms with Crippen LogP contribution in [0.4, 0.5) is 0 Å². The van der Waals surface area contributed by atoms with Crippen LogP contribution in [-0.4, -0.2) is 23.7 Å². The zero-order valence-electron chi connectivity index (χ0n) is 10.7. The number of hydrogen-bond donors (Lipinski definition) is 1. The molecule has 0 aliphatic carbocycles. The van der Waals surface area contributed by atoms with E-state index in [1.807, 2.05) is 6.92 Å². The number of carboxylic acid groups (broad SMARTS) is 1. The number of esters is 1. The molecule has 96 valence electrons. The second-order valence-corrected chi connectivity index (χ2v) is 4.21. The van der Waals surface area contributed by atoms with Gasteiger partial charge in [0.05, 0.1) is 6.61 Å². The van der Waals surface area contributed by atoms with Crippen LogP contribution in [-0.2, 0) is 14.3 Å². The Morgan fingerprint density at radius 1 is 1.35 bits per heavy atom. The van der Waals surface area contributed by atoms with Gasteiger partial charge in [-0.15, -0.1) is 0 Å². The van der Waals surface area contributed by atoms with Gasteiger partial charge in [-0.1, -0.05) is 17.7 Å². The number of carboxylic acids is 1. The summed E-state index contributed by atoms with van der Waals surface area (Å²) in [5.41, 5.74) is 1.74. The third kappa shape index (κ3) is 8.25. The predicted octanol–water partition coefficient (Wildman–Crippen LogP) is 2.55. The van der Waals surface area contributed by atoms with Crippen molar-refractivity contribution in [3.63, 3.8) is 0 Å². The van der Waals surface area contributed by atoms with Gasteiger partial charge in [-0.05, 0) is 26.7 Å². The number of rotatable bonds is 7. The molecule has 0 saturated carbocycles. The van der Waals surface area contributed by atoms with E-state index in [1.165, 1.54) is 13.0 Å². The second kappa shape index (κ2) is 7.65. The first-order valence-corrected chi connectivity index (χ1v) is 5.51. The Kier molecular flexibility index (Phi) is 6.94. The molecule has 0 radical (unpaired) electrons. The molecule has 0 aliphatic rings. The van der Waals surface area contributed by atoms with E-state index in [1.54, 1.807) is 6.92 Å². The van der Waals surface area contributed by atoms with Crippen molar-refractivity contribution >= 4 is 11.9 Å². The number of carbonyl (C=O) groups is 2. The van der Waals surface area contributed by atoms with Crippen LogP contribution in [0.25, 0.3) is 0 Å². The molecule has 0 amide bonds. The van der Waals surface area contributed by atoms with E-state index in [-0.39, 0.29) is 11.9 Å². The predicted molar refractivity (Wildman–Crippen MR) is 65.6 cm³/mol. The van der Waals surface area contributed by atoms with E-state index in [4.69, 9.17) is 9.84 Å². The molecule has 4 heteroatoms. The molecule has 0 spiro atoms. The molecular formula is C13H20O4. The van der Waals surface area contributed by atoms with Gasteiger partial charge >= 0.3 is 11.9 Å². The fourth-order valence-electron chi connectivity index (χ4n) is 1.37. The first-order chi connectivity index (χ1) is 7.82. The van der Waals surface area contributed by atoms with E-state index in [0.717, 1.165) is 17.6 Å². The number of carbonyl (C=O) groups excluding carboxylic acids is 1. The van der Waals surface area contributed by atoms with Crippen molar-refractivity contribution in [1.29, 1.82) is 0 Å². The third-order valence-corrected chi connectivity index (χ3v) is 2.44. The molecule has 4 nitrogen and oxygen atoms in total. The van der Waals surface area contributed by atoms with Gasteiger partial charge in [-0.2, -0.15) is 0 Å². The fraction of sp³-hybridized carbons (Fsp3) is 0.538. The third-order valence-electron chi connectivity index (χ3n) is 2.44. The van der Waals surface area contributed by atoms with Crippen LogP contribution in [0.3, 0.4) is 0 Å². The zero-order valence-corrected chi connectivity index (χ0v) is 10.7. The van der Waals surface area contributed by atoms with Gasteiger partial charge in [-0.25, -0.2) is 4.79 Å². The number of allylic oxidation sites excluding steroid dienone is 1. The maximum absolute atomic E-state index is 10.7. The van der Waals surface area contributed by atoms with Crippen LogP contribution in [0.15, 0.2) is 23.8 Å². The molecule has 1 N–H and O–H groups in total. The lowest BCUT2D eigenvalue weighted by Gasteiger charge is -2.16. The van der Waals surface area contributed by atoms with E-state index in [0.29, 0.717) is 13.0 Å². The molecule has 0 fully saturated rings. The molecule has 0 aromatic carbocycles. The van der Waals surface area contributed by atoms with Crippen molar-refractivity contribution in [2.75, 3.05) is 6.61 Å². The lowest BCUT2D eigenvalue weighted by molar-refractivity contribution is -0.142. The Morgan fingerprint density at radius 3 is 2.35 bits per heavy atom. The Labute approximate surface area is 102 Å². The summed E-state index contributed by atoms with van der Waals surface area (Å²) in [5.74, 6) is -1.17. The average Bonchev–Trinajstić information content (AvgIpc) is 2.15. The highest BCUT2D eigenvalue weighted by molar-refractivity contribution is 5.80. The minimum absolute atomic E-state index is 0.0797. The molecule has 0 bridgehead atoms. The Bertz CT molecular complexity index is 328. The van der Waals surface area contributed by atoms with Crippen molar-refractivity contribution in [2.45, 2.75) is 33.6 Å². The Morgan fingerprint density at radius 2 is 1.94 bits per heavy atom. The van der Waals surface area contributed by atoms with Crippen LogP contribution in [0.2, 0.25) is 0 Å². The van der Waals surface area contributed by atoms with Gasteiger partial charge < -0.3 is 9.84 Å². The highest BCUT2D eigenvalue weighted by Crippen LogP contribution is 2.18. The van der Waals surface area contributed by atoms with Gasteiger partial charge in [0.25, 0.3) is 0 Å². The SMILES string of the molecule is C=C(C)C(CC/C(C)=C/C(=O)O)COC(C)=O. The summed E-state index contributed by atoms with van der Waals surface area (Å²) in [4.78, 5) is 21.2. The summed E-state index contributed by atoms with van der Waals surface area (Å²) in [6.07, 6.45) is 2.59. The topological polar surface area (TPSA) is 63.6 Å². The van der Waals surface area contributed by atoms with E-state index >= 15 is 0 Å². The molecular weight excluding hydrogens is 220 g/mol.